The third-order valence-corrected chi connectivity index (χ3v) is 5.46. The van der Waals surface area contributed by atoms with E-state index in [-0.39, 0.29) is 5.56 Å². The molecule has 0 N–H and O–H groups in total. The van der Waals surface area contributed by atoms with Crippen LogP contribution in [0.1, 0.15) is 41.6 Å². The van der Waals surface area contributed by atoms with Crippen molar-refractivity contribution < 1.29 is 14.3 Å². The number of esters is 1. The summed E-state index contributed by atoms with van der Waals surface area (Å²) in [5, 5.41) is 9.67. The van der Waals surface area contributed by atoms with Crippen LogP contribution in [0.3, 0.4) is 0 Å². The Labute approximate surface area is 198 Å². The van der Waals surface area contributed by atoms with Gasteiger partial charge in [-0.05, 0) is 79.3 Å². The number of ether oxygens (including phenoxy) is 2. The van der Waals surface area contributed by atoms with Crippen LogP contribution in [0.25, 0.3) is 11.1 Å². The molecule has 0 bridgehead atoms. The molecule has 0 radical (unpaired) electrons. The molecule has 0 amide bonds. The van der Waals surface area contributed by atoms with E-state index in [0.717, 1.165) is 42.6 Å². The van der Waals surface area contributed by atoms with Gasteiger partial charge in [-0.1, -0.05) is 47.5 Å². The van der Waals surface area contributed by atoms with Gasteiger partial charge in [-0.3, -0.25) is 0 Å². The Kier molecular flexibility index (Phi) is 8.98. The van der Waals surface area contributed by atoms with Crippen molar-refractivity contribution in [3.8, 4) is 22.9 Å². The predicted octanol–water partition coefficient (Wildman–Crippen LogP) is 7.33. The van der Waals surface area contributed by atoms with Gasteiger partial charge in [0.05, 0.1) is 35.4 Å². The molecular formula is C26H23Cl2NO3. The van der Waals surface area contributed by atoms with Gasteiger partial charge in [-0.2, -0.15) is 5.26 Å². The Balaban J connectivity index is 1.30. The minimum absolute atomic E-state index is 0.290. The summed E-state index contributed by atoms with van der Waals surface area (Å²) in [4.78, 5) is 12.1. The molecule has 0 aliphatic rings. The van der Waals surface area contributed by atoms with Crippen molar-refractivity contribution in [3.05, 3.63) is 87.9 Å². The lowest BCUT2D eigenvalue weighted by Crippen LogP contribution is -2.07. The lowest BCUT2D eigenvalue weighted by molar-refractivity contribution is 0.0497. The van der Waals surface area contributed by atoms with Gasteiger partial charge in [0.25, 0.3) is 0 Å². The van der Waals surface area contributed by atoms with Gasteiger partial charge >= 0.3 is 5.97 Å². The van der Waals surface area contributed by atoms with Crippen molar-refractivity contribution in [2.24, 2.45) is 0 Å². The standard InChI is InChI=1S/C26H23Cl2NO3/c27-22-11-14-25(28)24(17-22)26(30)32-16-4-2-1-3-15-31-23-12-9-21(10-13-23)20-7-5-19(18-29)6-8-20/h5-14,17H,1-4,15-16H2. The summed E-state index contributed by atoms with van der Waals surface area (Å²) < 4.78 is 11.1. The van der Waals surface area contributed by atoms with Crippen molar-refractivity contribution >= 4 is 29.2 Å². The highest BCUT2D eigenvalue weighted by atomic mass is 35.5. The average molecular weight is 468 g/mol. The number of benzene rings is 3. The zero-order valence-corrected chi connectivity index (χ0v) is 19.0. The fourth-order valence-corrected chi connectivity index (χ4v) is 3.49. The summed E-state index contributed by atoms with van der Waals surface area (Å²) in [5.41, 5.74) is 3.08. The molecule has 0 unspecified atom stereocenters. The smallest absolute Gasteiger partial charge is 0.339 e. The lowest BCUT2D eigenvalue weighted by Gasteiger charge is -2.08. The molecule has 4 nitrogen and oxygen atoms in total. The Morgan fingerprint density at radius 2 is 1.44 bits per heavy atom. The number of rotatable bonds is 10. The highest BCUT2D eigenvalue weighted by Gasteiger charge is 2.12. The van der Waals surface area contributed by atoms with E-state index in [1.165, 1.54) is 6.07 Å². The minimum atomic E-state index is -0.453. The van der Waals surface area contributed by atoms with Gasteiger partial charge in [0, 0.05) is 5.02 Å². The SMILES string of the molecule is N#Cc1ccc(-c2ccc(OCCCCCCOC(=O)c3cc(Cl)ccc3Cl)cc2)cc1. The number of carbonyl (C=O) groups is 1. The molecule has 0 saturated carbocycles. The van der Waals surface area contributed by atoms with Crippen LogP contribution in [0.2, 0.25) is 10.0 Å². The third kappa shape index (κ3) is 7.02. The zero-order chi connectivity index (χ0) is 22.8. The molecule has 6 heteroatoms. The summed E-state index contributed by atoms with van der Waals surface area (Å²) >= 11 is 11.9. The van der Waals surface area contributed by atoms with Gasteiger partial charge in [0.1, 0.15) is 5.75 Å². The van der Waals surface area contributed by atoms with Crippen LogP contribution in [-0.2, 0) is 4.74 Å². The second-order valence-corrected chi connectivity index (χ2v) is 8.08. The van der Waals surface area contributed by atoms with E-state index in [1.807, 2.05) is 48.5 Å². The van der Waals surface area contributed by atoms with Gasteiger partial charge in [0.2, 0.25) is 0 Å². The molecule has 0 heterocycles. The van der Waals surface area contributed by atoms with Gasteiger partial charge in [-0.15, -0.1) is 0 Å². The molecule has 0 spiro atoms. The topological polar surface area (TPSA) is 59.3 Å². The molecule has 32 heavy (non-hydrogen) atoms. The molecule has 3 aromatic carbocycles. The first-order chi connectivity index (χ1) is 15.6. The van der Waals surface area contributed by atoms with Crippen molar-refractivity contribution in [2.75, 3.05) is 13.2 Å². The maximum atomic E-state index is 12.1. The van der Waals surface area contributed by atoms with E-state index < -0.39 is 5.97 Å². The van der Waals surface area contributed by atoms with E-state index >= 15 is 0 Å². The summed E-state index contributed by atoms with van der Waals surface area (Å²) in [6.07, 6.45) is 3.63. The van der Waals surface area contributed by atoms with Crippen molar-refractivity contribution in [2.45, 2.75) is 25.7 Å². The molecule has 0 fully saturated rings. The maximum absolute atomic E-state index is 12.1. The normalized spacial score (nSPS) is 10.4. The zero-order valence-electron chi connectivity index (χ0n) is 17.5. The Bertz CT molecular complexity index is 1070. The first kappa shape index (κ1) is 23.7. The average Bonchev–Trinajstić information content (AvgIpc) is 2.82. The van der Waals surface area contributed by atoms with E-state index in [1.54, 1.807) is 12.1 Å². The monoisotopic (exact) mass is 467 g/mol. The molecular weight excluding hydrogens is 445 g/mol. The number of hydrogen-bond acceptors (Lipinski definition) is 4. The summed E-state index contributed by atoms with van der Waals surface area (Å²) in [7, 11) is 0. The van der Waals surface area contributed by atoms with Crippen LogP contribution < -0.4 is 4.74 Å². The van der Waals surface area contributed by atoms with E-state index in [0.29, 0.717) is 28.8 Å². The fourth-order valence-electron chi connectivity index (χ4n) is 3.13. The second kappa shape index (κ2) is 12.1. The molecule has 3 aromatic rings. The van der Waals surface area contributed by atoms with E-state index in [4.69, 9.17) is 37.9 Å². The van der Waals surface area contributed by atoms with Crippen LogP contribution in [-0.4, -0.2) is 19.2 Å². The van der Waals surface area contributed by atoms with Gasteiger partial charge < -0.3 is 9.47 Å². The van der Waals surface area contributed by atoms with Gasteiger partial charge in [0.15, 0.2) is 0 Å². The molecule has 3 rings (SSSR count). The number of halogens is 2. The minimum Gasteiger partial charge on any atom is -0.494 e. The number of hydrogen-bond donors (Lipinski definition) is 0. The second-order valence-electron chi connectivity index (χ2n) is 7.24. The van der Waals surface area contributed by atoms with Crippen LogP contribution >= 0.6 is 23.2 Å². The van der Waals surface area contributed by atoms with Crippen LogP contribution in [0.4, 0.5) is 0 Å². The third-order valence-electron chi connectivity index (χ3n) is 4.89. The number of unbranched alkanes of at least 4 members (excludes halogenated alkanes) is 3. The fraction of sp³-hybridized carbons (Fsp3) is 0.231. The van der Waals surface area contributed by atoms with Crippen LogP contribution in [0, 0.1) is 11.3 Å². The quantitative estimate of drug-likeness (QED) is 0.231. The number of nitrogens with zero attached hydrogens (tertiary/aromatic N) is 1. The maximum Gasteiger partial charge on any atom is 0.339 e. The molecule has 164 valence electrons. The highest BCUT2D eigenvalue weighted by molar-refractivity contribution is 6.35. The first-order valence-corrected chi connectivity index (χ1v) is 11.2. The van der Waals surface area contributed by atoms with Crippen LogP contribution in [0.5, 0.6) is 5.75 Å². The lowest BCUT2D eigenvalue weighted by atomic mass is 10.0. The number of carbonyl (C=O) groups excluding carboxylic acids is 1. The Hall–Kier alpha value is -3.00. The van der Waals surface area contributed by atoms with E-state index in [9.17, 15) is 4.79 Å². The Morgan fingerprint density at radius 3 is 2.09 bits per heavy atom. The molecule has 0 aliphatic heterocycles. The summed E-state index contributed by atoms with van der Waals surface area (Å²) in [6, 6.07) is 22.3. The first-order valence-electron chi connectivity index (χ1n) is 10.4. The summed E-state index contributed by atoms with van der Waals surface area (Å²) in [5.74, 6) is 0.375. The van der Waals surface area contributed by atoms with Crippen molar-refractivity contribution in [3.63, 3.8) is 0 Å². The molecule has 0 atom stereocenters. The van der Waals surface area contributed by atoms with Gasteiger partial charge in [-0.25, -0.2) is 4.79 Å². The molecule has 0 saturated heterocycles. The predicted molar refractivity (Wildman–Crippen MR) is 127 cm³/mol. The molecule has 0 aromatic heterocycles. The van der Waals surface area contributed by atoms with Crippen LogP contribution in [0.15, 0.2) is 66.7 Å². The number of nitriles is 1. The largest absolute Gasteiger partial charge is 0.494 e. The Morgan fingerprint density at radius 1 is 0.812 bits per heavy atom. The highest BCUT2D eigenvalue weighted by Crippen LogP contribution is 2.23. The molecule has 0 aliphatic carbocycles. The van der Waals surface area contributed by atoms with E-state index in [2.05, 4.69) is 6.07 Å². The van der Waals surface area contributed by atoms with Crippen molar-refractivity contribution in [1.82, 2.24) is 0 Å². The summed E-state index contributed by atoms with van der Waals surface area (Å²) in [6.45, 7) is 0.980. The van der Waals surface area contributed by atoms with Crippen molar-refractivity contribution in [1.29, 1.82) is 5.26 Å².